The van der Waals surface area contributed by atoms with Crippen molar-refractivity contribution in [2.24, 2.45) is 11.7 Å². The molecule has 4 rings (SSSR count). The highest BCUT2D eigenvalue weighted by atomic mass is 16.6. The maximum absolute atomic E-state index is 12.5. The Morgan fingerprint density at radius 1 is 1.22 bits per heavy atom. The van der Waals surface area contributed by atoms with Crippen LogP contribution in [0.1, 0.15) is 32.0 Å². The highest BCUT2D eigenvalue weighted by molar-refractivity contribution is 5.97. The molecule has 1 saturated heterocycles. The van der Waals surface area contributed by atoms with E-state index in [2.05, 4.69) is 15.4 Å². The van der Waals surface area contributed by atoms with Gasteiger partial charge in [-0.3, -0.25) is 9.59 Å². The molecule has 1 aromatic carbocycles. The number of esters is 1. The number of nitrogens with one attached hydrogen (secondary N) is 1. The molecule has 1 aliphatic rings. The van der Waals surface area contributed by atoms with E-state index in [0.29, 0.717) is 11.2 Å². The summed E-state index contributed by atoms with van der Waals surface area (Å²) in [5.74, 6) is -0.669. The van der Waals surface area contributed by atoms with Crippen LogP contribution >= 0.6 is 0 Å². The third-order valence-electron chi connectivity index (χ3n) is 6.49. The first-order valence-corrected chi connectivity index (χ1v) is 11.7. The van der Waals surface area contributed by atoms with Gasteiger partial charge in [0.25, 0.3) is 0 Å². The first-order valence-electron chi connectivity index (χ1n) is 11.7. The van der Waals surface area contributed by atoms with Gasteiger partial charge in [0.1, 0.15) is 42.4 Å². The summed E-state index contributed by atoms with van der Waals surface area (Å²) in [6, 6.07) is 11.8. The smallest absolute Gasteiger partial charge is 0.310 e. The van der Waals surface area contributed by atoms with Gasteiger partial charge in [0, 0.05) is 0 Å². The van der Waals surface area contributed by atoms with Gasteiger partial charge in [-0.1, -0.05) is 44.2 Å². The number of ether oxygens (including phenoxy) is 2. The number of rotatable bonds is 8. The van der Waals surface area contributed by atoms with Crippen LogP contribution in [0.4, 0.5) is 5.82 Å². The maximum Gasteiger partial charge on any atom is 0.310 e. The molecule has 3 aromatic rings. The Hall–Kier alpha value is -3.38. The summed E-state index contributed by atoms with van der Waals surface area (Å²) in [6.07, 6.45) is -2.26. The molecule has 0 saturated carbocycles. The van der Waals surface area contributed by atoms with E-state index < -0.39 is 35.9 Å². The van der Waals surface area contributed by atoms with E-state index in [9.17, 15) is 19.8 Å². The Bertz CT molecular complexity index is 1230. The zero-order chi connectivity index (χ0) is 26.0. The number of benzene rings is 1. The number of aliphatic hydroxyl groups is 2. The lowest BCUT2D eigenvalue weighted by Gasteiger charge is -2.27. The number of aromatic nitrogens is 3. The Labute approximate surface area is 208 Å². The lowest BCUT2D eigenvalue weighted by atomic mass is 9.93. The number of fused-ring (bicyclic) bond motifs is 1. The molecule has 0 aliphatic carbocycles. The Kier molecular flexibility index (Phi) is 7.36. The third kappa shape index (κ3) is 4.96. The molecule has 5 atom stereocenters. The summed E-state index contributed by atoms with van der Waals surface area (Å²) in [5, 5.41) is 28.6. The minimum absolute atomic E-state index is 0.0636. The predicted molar refractivity (Wildman–Crippen MR) is 130 cm³/mol. The van der Waals surface area contributed by atoms with Crippen molar-refractivity contribution in [3.05, 3.63) is 60.0 Å². The van der Waals surface area contributed by atoms with Crippen molar-refractivity contribution >= 4 is 23.2 Å². The molecule has 11 heteroatoms. The van der Waals surface area contributed by atoms with E-state index in [1.54, 1.807) is 19.1 Å². The van der Waals surface area contributed by atoms with E-state index in [1.165, 1.54) is 10.8 Å². The van der Waals surface area contributed by atoms with Crippen molar-refractivity contribution in [1.82, 2.24) is 14.6 Å². The molecule has 1 amide bonds. The minimum Gasteiger partial charge on any atom is -0.463 e. The van der Waals surface area contributed by atoms with Crippen LogP contribution in [0.2, 0.25) is 0 Å². The van der Waals surface area contributed by atoms with E-state index in [1.807, 2.05) is 44.2 Å². The van der Waals surface area contributed by atoms with Crippen molar-refractivity contribution in [1.29, 1.82) is 0 Å². The van der Waals surface area contributed by atoms with Gasteiger partial charge in [-0.25, -0.2) is 9.50 Å². The van der Waals surface area contributed by atoms with Gasteiger partial charge < -0.3 is 30.7 Å². The standard InChI is InChI=1S/C25H31N5O6/c1-14(2)20(26)24(34)29-23-16-9-10-18(30(16)28-13-27-23)25(3)22(33)21(32)17(36-25)12-35-19(31)11-15-7-5-4-6-8-15/h4-10,13-14,17,20-22,32-33H,11-12,26H2,1-3H3,(H,27,28,29,34)/t17-,20+,21-,22-,25+/m1/s1. The van der Waals surface area contributed by atoms with Crippen LogP contribution in [0.25, 0.3) is 5.52 Å². The van der Waals surface area contributed by atoms with Crippen LogP contribution in [-0.4, -0.2) is 67.6 Å². The highest BCUT2D eigenvalue weighted by Gasteiger charge is 2.54. The van der Waals surface area contributed by atoms with Gasteiger partial charge in [-0.2, -0.15) is 5.10 Å². The number of carbonyl (C=O) groups is 2. The van der Waals surface area contributed by atoms with Gasteiger partial charge in [-0.05, 0) is 30.5 Å². The zero-order valence-electron chi connectivity index (χ0n) is 20.4. The van der Waals surface area contributed by atoms with Crippen LogP contribution in [0.5, 0.6) is 0 Å². The van der Waals surface area contributed by atoms with Crippen molar-refractivity contribution in [3.8, 4) is 0 Å². The van der Waals surface area contributed by atoms with E-state index >= 15 is 0 Å². The Balaban J connectivity index is 1.50. The first kappa shape index (κ1) is 25.7. The Morgan fingerprint density at radius 3 is 2.64 bits per heavy atom. The van der Waals surface area contributed by atoms with E-state index in [4.69, 9.17) is 15.2 Å². The average molecular weight is 498 g/mol. The number of nitrogens with two attached hydrogens (primary N) is 1. The van der Waals surface area contributed by atoms with Gasteiger partial charge in [0.05, 0.1) is 18.2 Å². The molecule has 1 aliphatic heterocycles. The molecule has 5 N–H and O–H groups in total. The fraction of sp³-hybridized carbons (Fsp3) is 0.440. The summed E-state index contributed by atoms with van der Waals surface area (Å²) in [4.78, 5) is 28.9. The summed E-state index contributed by atoms with van der Waals surface area (Å²) in [5.41, 5.74) is 6.24. The molecular formula is C25H31N5O6. The second-order valence-corrected chi connectivity index (χ2v) is 9.43. The van der Waals surface area contributed by atoms with Gasteiger partial charge >= 0.3 is 5.97 Å². The summed E-state index contributed by atoms with van der Waals surface area (Å²) >= 11 is 0. The molecule has 3 heterocycles. The number of hydrogen-bond acceptors (Lipinski definition) is 9. The highest BCUT2D eigenvalue weighted by Crippen LogP contribution is 2.40. The van der Waals surface area contributed by atoms with Crippen LogP contribution in [-0.2, 0) is 31.1 Å². The normalized spacial score (nSPS) is 24.7. The molecule has 11 nitrogen and oxygen atoms in total. The molecular weight excluding hydrogens is 466 g/mol. The molecule has 0 spiro atoms. The Morgan fingerprint density at radius 2 is 1.94 bits per heavy atom. The predicted octanol–water partition coefficient (Wildman–Crippen LogP) is 0.773. The van der Waals surface area contributed by atoms with Crippen LogP contribution < -0.4 is 11.1 Å². The van der Waals surface area contributed by atoms with Gasteiger partial charge in [-0.15, -0.1) is 0 Å². The largest absolute Gasteiger partial charge is 0.463 e. The summed E-state index contributed by atoms with van der Waals surface area (Å²) in [7, 11) is 0. The van der Waals surface area contributed by atoms with Crippen molar-refractivity contribution < 1.29 is 29.3 Å². The topological polar surface area (TPSA) is 161 Å². The summed E-state index contributed by atoms with van der Waals surface area (Å²) < 4.78 is 12.9. The van der Waals surface area contributed by atoms with Crippen molar-refractivity contribution in [2.75, 3.05) is 11.9 Å². The van der Waals surface area contributed by atoms with Crippen LogP contribution in [0.3, 0.4) is 0 Å². The second-order valence-electron chi connectivity index (χ2n) is 9.43. The minimum atomic E-state index is -1.38. The van der Waals surface area contributed by atoms with Crippen LogP contribution in [0, 0.1) is 5.92 Å². The number of carbonyl (C=O) groups excluding carboxylic acids is 2. The molecule has 36 heavy (non-hydrogen) atoms. The molecule has 0 bridgehead atoms. The average Bonchev–Trinajstić information content (AvgIpc) is 3.39. The molecule has 192 valence electrons. The molecule has 2 aromatic heterocycles. The summed E-state index contributed by atoms with van der Waals surface area (Å²) in [6.45, 7) is 5.07. The number of anilines is 1. The van der Waals surface area contributed by atoms with Crippen molar-refractivity contribution in [2.45, 2.75) is 57.1 Å². The number of nitrogens with zero attached hydrogens (tertiary/aromatic N) is 3. The monoisotopic (exact) mass is 497 g/mol. The third-order valence-corrected chi connectivity index (χ3v) is 6.49. The quantitative estimate of drug-likeness (QED) is 0.329. The fourth-order valence-corrected chi connectivity index (χ4v) is 4.22. The molecule has 0 radical (unpaired) electrons. The van der Waals surface area contributed by atoms with Crippen molar-refractivity contribution in [3.63, 3.8) is 0 Å². The molecule has 0 unspecified atom stereocenters. The maximum atomic E-state index is 12.5. The first-order chi connectivity index (χ1) is 17.1. The number of aliphatic hydroxyl groups excluding tert-OH is 2. The fourth-order valence-electron chi connectivity index (χ4n) is 4.22. The zero-order valence-corrected chi connectivity index (χ0v) is 20.4. The lowest BCUT2D eigenvalue weighted by Crippen LogP contribution is -2.40. The lowest BCUT2D eigenvalue weighted by molar-refractivity contribution is -0.151. The van der Waals surface area contributed by atoms with Gasteiger partial charge in [0.2, 0.25) is 5.91 Å². The van der Waals surface area contributed by atoms with E-state index in [0.717, 1.165) is 5.56 Å². The SMILES string of the molecule is CC(C)[C@H](N)C(=O)Nc1ncnn2c([C@]3(C)O[C@H](COC(=O)Cc4ccccc4)[C@@H](O)[C@H]3O)ccc12. The number of hydrogen-bond donors (Lipinski definition) is 4. The second kappa shape index (κ2) is 10.3. The van der Waals surface area contributed by atoms with Gasteiger partial charge in [0.15, 0.2) is 5.82 Å². The van der Waals surface area contributed by atoms with Crippen LogP contribution in [0.15, 0.2) is 48.8 Å². The van der Waals surface area contributed by atoms with E-state index in [-0.39, 0.29) is 30.7 Å². The number of amides is 1. The molecule has 1 fully saturated rings.